The predicted molar refractivity (Wildman–Crippen MR) is 69.0 cm³/mol. The minimum atomic E-state index is -0.433. The molecule has 106 valence electrons. The molecule has 2 unspecified atom stereocenters. The monoisotopic (exact) mass is 288 g/mol. The van der Waals surface area contributed by atoms with E-state index in [1.165, 1.54) is 0 Å². The van der Waals surface area contributed by atoms with Gasteiger partial charge in [-0.2, -0.15) is 0 Å². The van der Waals surface area contributed by atoms with Crippen molar-refractivity contribution < 1.29 is 13.9 Å². The molecule has 1 aliphatic rings. The molecule has 0 aliphatic carbocycles. The van der Waals surface area contributed by atoms with Gasteiger partial charge in [0.15, 0.2) is 0 Å². The van der Waals surface area contributed by atoms with Crippen molar-refractivity contribution in [3.05, 3.63) is 5.89 Å². The van der Waals surface area contributed by atoms with E-state index in [1.807, 2.05) is 0 Å². The Morgan fingerprint density at radius 1 is 1.37 bits per heavy atom. The number of aromatic nitrogens is 2. The molecule has 2 rings (SSSR count). The summed E-state index contributed by atoms with van der Waals surface area (Å²) in [6, 6.07) is -0.228. The van der Waals surface area contributed by atoms with Gasteiger partial charge in [0.1, 0.15) is 11.4 Å². The van der Waals surface area contributed by atoms with Crippen LogP contribution in [0.1, 0.15) is 25.1 Å². The molecule has 2 atom stereocenters. The number of hydrogen-bond acceptors (Lipinski definition) is 6. The molecule has 2 heterocycles. The van der Waals surface area contributed by atoms with Gasteiger partial charge in [-0.05, 0) is 13.8 Å². The van der Waals surface area contributed by atoms with Crippen molar-refractivity contribution >= 4 is 23.5 Å². The molecular formula is C11H17ClN4O3. The molecule has 7 nitrogen and oxygen atoms in total. The SMILES string of the molecule is CC(Nc1nnc(C(C)Cl)o1)C(=O)N1CCOCC1. The molecule has 0 radical (unpaired) electrons. The van der Waals surface area contributed by atoms with Crippen molar-refractivity contribution in [1.82, 2.24) is 15.1 Å². The van der Waals surface area contributed by atoms with Crippen molar-refractivity contribution in [2.45, 2.75) is 25.3 Å². The van der Waals surface area contributed by atoms with Crippen molar-refractivity contribution in [2.75, 3.05) is 31.6 Å². The number of morpholine rings is 1. The van der Waals surface area contributed by atoms with Crippen LogP contribution < -0.4 is 5.32 Å². The van der Waals surface area contributed by atoms with E-state index in [4.69, 9.17) is 20.8 Å². The molecule has 19 heavy (non-hydrogen) atoms. The van der Waals surface area contributed by atoms with Gasteiger partial charge >= 0.3 is 6.01 Å². The van der Waals surface area contributed by atoms with Crippen LogP contribution in [0.5, 0.6) is 0 Å². The molecular weight excluding hydrogens is 272 g/mol. The summed E-state index contributed by atoms with van der Waals surface area (Å²) in [5.41, 5.74) is 0. The van der Waals surface area contributed by atoms with E-state index in [0.29, 0.717) is 32.2 Å². The van der Waals surface area contributed by atoms with Gasteiger partial charge in [-0.3, -0.25) is 4.79 Å². The zero-order valence-electron chi connectivity index (χ0n) is 10.9. The Morgan fingerprint density at radius 2 is 2.05 bits per heavy atom. The van der Waals surface area contributed by atoms with E-state index in [-0.39, 0.29) is 17.3 Å². The topological polar surface area (TPSA) is 80.5 Å². The number of ether oxygens (including phenoxy) is 1. The second-order valence-corrected chi connectivity index (χ2v) is 5.02. The summed E-state index contributed by atoms with van der Waals surface area (Å²) in [6.45, 7) is 5.87. The van der Waals surface area contributed by atoms with Crippen LogP contribution in [0.15, 0.2) is 4.42 Å². The Morgan fingerprint density at radius 3 is 2.63 bits per heavy atom. The first-order valence-electron chi connectivity index (χ1n) is 6.18. The van der Waals surface area contributed by atoms with Crippen LogP contribution in [0.25, 0.3) is 0 Å². The number of carbonyl (C=O) groups excluding carboxylic acids is 1. The lowest BCUT2D eigenvalue weighted by molar-refractivity contribution is -0.135. The maximum Gasteiger partial charge on any atom is 0.316 e. The van der Waals surface area contributed by atoms with E-state index < -0.39 is 6.04 Å². The Balaban J connectivity index is 1.91. The summed E-state index contributed by atoms with van der Waals surface area (Å²) in [4.78, 5) is 13.9. The number of anilines is 1. The molecule has 1 aromatic heterocycles. The second-order valence-electron chi connectivity index (χ2n) is 4.37. The lowest BCUT2D eigenvalue weighted by Gasteiger charge is -2.29. The Bertz CT molecular complexity index is 431. The molecule has 0 spiro atoms. The smallest absolute Gasteiger partial charge is 0.316 e. The number of alkyl halides is 1. The summed E-state index contributed by atoms with van der Waals surface area (Å²) in [5.74, 6) is 0.317. The third-order valence-corrected chi connectivity index (χ3v) is 3.00. The van der Waals surface area contributed by atoms with Gasteiger partial charge in [0.25, 0.3) is 0 Å². The Labute approximate surface area is 116 Å². The molecule has 0 bridgehead atoms. The summed E-state index contributed by atoms with van der Waals surface area (Å²) < 4.78 is 10.5. The van der Waals surface area contributed by atoms with Crippen LogP contribution in [0.4, 0.5) is 6.01 Å². The highest BCUT2D eigenvalue weighted by atomic mass is 35.5. The lowest BCUT2D eigenvalue weighted by Crippen LogP contribution is -2.47. The molecule has 1 N–H and O–H groups in total. The van der Waals surface area contributed by atoms with Crippen LogP contribution in [0.3, 0.4) is 0 Å². The van der Waals surface area contributed by atoms with E-state index >= 15 is 0 Å². The van der Waals surface area contributed by atoms with Gasteiger partial charge in [-0.15, -0.1) is 16.7 Å². The van der Waals surface area contributed by atoms with E-state index in [0.717, 1.165) is 0 Å². The molecule has 1 saturated heterocycles. The van der Waals surface area contributed by atoms with E-state index in [2.05, 4.69) is 15.5 Å². The number of hydrogen-bond donors (Lipinski definition) is 1. The number of nitrogens with zero attached hydrogens (tertiary/aromatic N) is 3. The largest absolute Gasteiger partial charge is 0.406 e. The lowest BCUT2D eigenvalue weighted by atomic mass is 10.2. The zero-order chi connectivity index (χ0) is 13.8. The fourth-order valence-corrected chi connectivity index (χ4v) is 1.85. The number of nitrogens with one attached hydrogen (secondary N) is 1. The van der Waals surface area contributed by atoms with Crippen molar-refractivity contribution in [3.63, 3.8) is 0 Å². The standard InChI is InChI=1S/C11H17ClN4O3/c1-7(12)9-14-15-11(19-9)13-8(2)10(17)16-3-5-18-6-4-16/h7-8H,3-6H2,1-2H3,(H,13,15). The number of carbonyl (C=O) groups is 1. The highest BCUT2D eigenvalue weighted by molar-refractivity contribution is 6.20. The van der Waals surface area contributed by atoms with Crippen molar-refractivity contribution in [2.24, 2.45) is 0 Å². The molecule has 1 fully saturated rings. The first kappa shape index (κ1) is 14.1. The maximum absolute atomic E-state index is 12.1. The first-order valence-corrected chi connectivity index (χ1v) is 6.62. The van der Waals surface area contributed by atoms with Gasteiger partial charge in [-0.25, -0.2) is 0 Å². The van der Waals surface area contributed by atoms with Gasteiger partial charge in [0, 0.05) is 13.1 Å². The predicted octanol–water partition coefficient (Wildman–Crippen LogP) is 1.03. The minimum absolute atomic E-state index is 0.0121. The molecule has 0 aromatic carbocycles. The second kappa shape index (κ2) is 6.21. The maximum atomic E-state index is 12.1. The van der Waals surface area contributed by atoms with Crippen LogP contribution in [0, 0.1) is 0 Å². The first-order chi connectivity index (χ1) is 9.08. The Hall–Kier alpha value is -1.34. The van der Waals surface area contributed by atoms with Crippen LogP contribution >= 0.6 is 11.6 Å². The molecule has 1 aliphatic heterocycles. The number of rotatable bonds is 4. The van der Waals surface area contributed by atoms with Crippen molar-refractivity contribution in [3.8, 4) is 0 Å². The van der Waals surface area contributed by atoms with E-state index in [9.17, 15) is 4.79 Å². The average Bonchev–Trinajstić information content (AvgIpc) is 2.87. The van der Waals surface area contributed by atoms with E-state index in [1.54, 1.807) is 18.7 Å². The summed E-state index contributed by atoms with van der Waals surface area (Å²) in [6.07, 6.45) is 0. The molecule has 1 aromatic rings. The van der Waals surface area contributed by atoms with Crippen LogP contribution in [0.2, 0.25) is 0 Å². The summed E-state index contributed by atoms with van der Waals surface area (Å²) in [7, 11) is 0. The third-order valence-electron chi connectivity index (χ3n) is 2.81. The van der Waals surface area contributed by atoms with Crippen molar-refractivity contribution in [1.29, 1.82) is 0 Å². The zero-order valence-corrected chi connectivity index (χ0v) is 11.7. The van der Waals surface area contributed by atoms with Gasteiger partial charge in [0.2, 0.25) is 11.8 Å². The summed E-state index contributed by atoms with van der Waals surface area (Å²) in [5, 5.41) is 10.1. The quantitative estimate of drug-likeness (QED) is 0.834. The minimum Gasteiger partial charge on any atom is -0.406 e. The number of halogens is 1. The molecule has 8 heteroatoms. The Kier molecular flexibility index (Phi) is 4.60. The number of amides is 1. The fourth-order valence-electron chi connectivity index (χ4n) is 1.76. The fraction of sp³-hybridized carbons (Fsp3) is 0.727. The average molecular weight is 289 g/mol. The van der Waals surface area contributed by atoms with Crippen LogP contribution in [-0.4, -0.2) is 53.3 Å². The van der Waals surface area contributed by atoms with Gasteiger partial charge in [-0.1, -0.05) is 5.10 Å². The van der Waals surface area contributed by atoms with Gasteiger partial charge in [0.05, 0.1) is 13.2 Å². The summed E-state index contributed by atoms with van der Waals surface area (Å²) >= 11 is 5.82. The molecule has 0 saturated carbocycles. The highest BCUT2D eigenvalue weighted by Crippen LogP contribution is 2.19. The third kappa shape index (κ3) is 3.57. The normalized spacial score (nSPS) is 19.0. The van der Waals surface area contributed by atoms with Gasteiger partial charge < -0.3 is 19.4 Å². The van der Waals surface area contributed by atoms with Crippen LogP contribution in [-0.2, 0) is 9.53 Å². The molecule has 1 amide bonds. The highest BCUT2D eigenvalue weighted by Gasteiger charge is 2.23.